The van der Waals surface area contributed by atoms with Gasteiger partial charge in [0.15, 0.2) is 11.2 Å². The molecule has 0 bridgehead atoms. The Hall–Kier alpha value is -6.84. The molecule has 0 N–H and O–H groups in total. The Morgan fingerprint density at radius 1 is 0.314 bits per heavy atom. The van der Waals surface area contributed by atoms with E-state index in [1.54, 1.807) is 0 Å². The Morgan fingerprint density at radius 2 is 0.706 bits per heavy atom. The number of hydrogen-bond acceptors (Lipinski definition) is 3. The van der Waals surface area contributed by atoms with Crippen molar-refractivity contribution in [2.75, 3.05) is 4.90 Å². The van der Waals surface area contributed by atoms with Gasteiger partial charge in [-0.05, 0) is 69.8 Å². The van der Waals surface area contributed by atoms with Crippen molar-refractivity contribution in [3.8, 4) is 33.4 Å². The number of fused-ring (bicyclic) bond motifs is 6. The normalized spacial score (nSPS) is 11.5. The quantitative estimate of drug-likeness (QED) is 0.179. The van der Waals surface area contributed by atoms with Crippen molar-refractivity contribution in [3.63, 3.8) is 0 Å². The third-order valence-electron chi connectivity index (χ3n) is 9.89. The predicted molar refractivity (Wildman–Crippen MR) is 212 cm³/mol. The molecule has 0 unspecified atom stereocenters. The first-order chi connectivity index (χ1) is 25.3. The standard InChI is InChI=1S/C48H31NO2/c1-4-14-32(15-5-1)33-24-26-36(27-25-33)49(41-30-28-37(34-16-6-2-7-17-34)45-39-20-10-12-22-43(39)50-47(41)45)42-31-29-38(35-18-8-3-9-19-35)46-40-21-11-13-23-44(40)51-48(42)46/h1-31H. The Labute approximate surface area is 295 Å². The summed E-state index contributed by atoms with van der Waals surface area (Å²) in [5.41, 5.74) is 13.1. The monoisotopic (exact) mass is 653 g/mol. The number of benzene rings is 8. The summed E-state index contributed by atoms with van der Waals surface area (Å²) in [5.74, 6) is 0. The molecule has 0 spiro atoms. The molecule has 0 atom stereocenters. The van der Waals surface area contributed by atoms with Crippen LogP contribution in [0.2, 0.25) is 0 Å². The van der Waals surface area contributed by atoms with Crippen molar-refractivity contribution in [2.24, 2.45) is 0 Å². The van der Waals surface area contributed by atoms with Crippen LogP contribution in [0.5, 0.6) is 0 Å². The maximum absolute atomic E-state index is 6.85. The molecule has 8 aromatic carbocycles. The Balaban J connectivity index is 1.28. The number of nitrogens with zero attached hydrogens (tertiary/aromatic N) is 1. The lowest BCUT2D eigenvalue weighted by molar-refractivity contribution is 0.666. The minimum absolute atomic E-state index is 0.820. The first-order valence-corrected chi connectivity index (χ1v) is 17.3. The molecule has 10 rings (SSSR count). The molecular weight excluding hydrogens is 623 g/mol. The summed E-state index contributed by atoms with van der Waals surface area (Å²) in [6.07, 6.45) is 0. The average molecular weight is 654 g/mol. The molecule has 3 nitrogen and oxygen atoms in total. The molecule has 2 aromatic heterocycles. The highest BCUT2D eigenvalue weighted by Crippen LogP contribution is 2.49. The summed E-state index contributed by atoms with van der Waals surface area (Å²) in [5, 5.41) is 4.34. The van der Waals surface area contributed by atoms with Crippen molar-refractivity contribution >= 4 is 60.9 Å². The molecule has 10 aromatic rings. The summed E-state index contributed by atoms with van der Waals surface area (Å²) in [6, 6.07) is 65.9. The first kappa shape index (κ1) is 29.1. The Kier molecular flexibility index (Phi) is 6.81. The molecule has 0 saturated carbocycles. The van der Waals surface area contributed by atoms with E-state index in [4.69, 9.17) is 8.83 Å². The van der Waals surface area contributed by atoms with Crippen LogP contribution in [0.15, 0.2) is 197 Å². The Bertz CT molecular complexity index is 2680. The topological polar surface area (TPSA) is 29.5 Å². The molecule has 0 fully saturated rings. The average Bonchev–Trinajstić information content (AvgIpc) is 3.80. The SMILES string of the molecule is c1ccc(-c2ccc(N(c3ccc(-c4ccccc4)c4c3oc3ccccc34)c3ccc(-c4ccccc4)c4c3oc3ccccc34)cc2)cc1. The van der Waals surface area contributed by atoms with Crippen LogP contribution < -0.4 is 4.90 Å². The second-order valence-electron chi connectivity index (χ2n) is 12.8. The van der Waals surface area contributed by atoms with Gasteiger partial charge in [0, 0.05) is 27.2 Å². The highest BCUT2D eigenvalue weighted by atomic mass is 16.3. The molecule has 0 aliphatic rings. The van der Waals surface area contributed by atoms with Gasteiger partial charge >= 0.3 is 0 Å². The molecule has 51 heavy (non-hydrogen) atoms. The Morgan fingerprint density at radius 3 is 1.18 bits per heavy atom. The summed E-state index contributed by atoms with van der Waals surface area (Å²) in [4.78, 5) is 2.30. The lowest BCUT2D eigenvalue weighted by atomic mass is 9.96. The van der Waals surface area contributed by atoms with Crippen LogP contribution in [-0.4, -0.2) is 0 Å². The lowest BCUT2D eigenvalue weighted by Crippen LogP contribution is -2.11. The number of furan rings is 2. The summed E-state index contributed by atoms with van der Waals surface area (Å²) < 4.78 is 13.7. The number of para-hydroxylation sites is 2. The van der Waals surface area contributed by atoms with Crippen LogP contribution >= 0.6 is 0 Å². The largest absolute Gasteiger partial charge is 0.454 e. The van der Waals surface area contributed by atoms with E-state index in [0.717, 1.165) is 88.8 Å². The van der Waals surface area contributed by atoms with Crippen LogP contribution in [0, 0.1) is 0 Å². The van der Waals surface area contributed by atoms with Crippen LogP contribution in [0.3, 0.4) is 0 Å². The molecule has 0 aliphatic heterocycles. The zero-order valence-corrected chi connectivity index (χ0v) is 27.7. The van der Waals surface area contributed by atoms with Gasteiger partial charge in [0.2, 0.25) is 0 Å². The molecule has 3 heteroatoms. The van der Waals surface area contributed by atoms with E-state index in [0.29, 0.717) is 0 Å². The van der Waals surface area contributed by atoms with E-state index >= 15 is 0 Å². The highest BCUT2D eigenvalue weighted by molar-refractivity contribution is 6.20. The van der Waals surface area contributed by atoms with E-state index in [-0.39, 0.29) is 0 Å². The first-order valence-electron chi connectivity index (χ1n) is 17.3. The van der Waals surface area contributed by atoms with Gasteiger partial charge in [-0.25, -0.2) is 0 Å². The fourth-order valence-electron chi connectivity index (χ4n) is 7.54. The zero-order chi connectivity index (χ0) is 33.7. The number of rotatable bonds is 6. The van der Waals surface area contributed by atoms with Gasteiger partial charge in [0.05, 0.1) is 11.4 Å². The maximum atomic E-state index is 6.85. The number of hydrogen-bond donors (Lipinski definition) is 0. The molecule has 240 valence electrons. The van der Waals surface area contributed by atoms with Gasteiger partial charge in [-0.1, -0.05) is 152 Å². The smallest absolute Gasteiger partial charge is 0.160 e. The van der Waals surface area contributed by atoms with Gasteiger partial charge in [-0.15, -0.1) is 0 Å². The summed E-state index contributed by atoms with van der Waals surface area (Å²) in [6.45, 7) is 0. The molecule has 0 radical (unpaired) electrons. The van der Waals surface area contributed by atoms with E-state index in [1.165, 1.54) is 5.56 Å². The summed E-state index contributed by atoms with van der Waals surface area (Å²) in [7, 11) is 0. The third kappa shape index (κ3) is 4.82. The van der Waals surface area contributed by atoms with Crippen molar-refractivity contribution in [1.82, 2.24) is 0 Å². The van der Waals surface area contributed by atoms with Gasteiger partial charge in [0.25, 0.3) is 0 Å². The molecular formula is C48H31NO2. The lowest BCUT2D eigenvalue weighted by Gasteiger charge is -2.26. The van der Waals surface area contributed by atoms with Gasteiger partial charge in [0.1, 0.15) is 11.2 Å². The highest BCUT2D eigenvalue weighted by Gasteiger charge is 2.26. The second-order valence-corrected chi connectivity index (χ2v) is 12.8. The van der Waals surface area contributed by atoms with Crippen LogP contribution in [0.4, 0.5) is 17.1 Å². The fraction of sp³-hybridized carbons (Fsp3) is 0. The van der Waals surface area contributed by atoms with E-state index in [2.05, 4.69) is 181 Å². The van der Waals surface area contributed by atoms with Gasteiger partial charge in [-0.3, -0.25) is 0 Å². The van der Waals surface area contributed by atoms with E-state index < -0.39 is 0 Å². The van der Waals surface area contributed by atoms with E-state index in [1.807, 2.05) is 12.1 Å². The minimum Gasteiger partial charge on any atom is -0.454 e. The minimum atomic E-state index is 0.820. The molecule has 0 saturated heterocycles. The molecule has 0 aliphatic carbocycles. The van der Waals surface area contributed by atoms with Crippen LogP contribution in [0.1, 0.15) is 0 Å². The van der Waals surface area contributed by atoms with Crippen molar-refractivity contribution in [2.45, 2.75) is 0 Å². The van der Waals surface area contributed by atoms with Crippen molar-refractivity contribution in [3.05, 3.63) is 188 Å². The van der Waals surface area contributed by atoms with Crippen molar-refractivity contribution in [1.29, 1.82) is 0 Å². The van der Waals surface area contributed by atoms with Crippen LogP contribution in [-0.2, 0) is 0 Å². The van der Waals surface area contributed by atoms with Gasteiger partial charge in [-0.2, -0.15) is 0 Å². The van der Waals surface area contributed by atoms with Crippen LogP contribution in [0.25, 0.3) is 77.3 Å². The third-order valence-corrected chi connectivity index (χ3v) is 9.89. The van der Waals surface area contributed by atoms with Crippen molar-refractivity contribution < 1.29 is 8.83 Å². The zero-order valence-electron chi connectivity index (χ0n) is 27.7. The fourth-order valence-corrected chi connectivity index (χ4v) is 7.54. The second kappa shape index (κ2) is 11.9. The molecule has 2 heterocycles. The van der Waals surface area contributed by atoms with E-state index in [9.17, 15) is 0 Å². The maximum Gasteiger partial charge on any atom is 0.160 e. The predicted octanol–water partition coefficient (Wildman–Crippen LogP) is 14.0. The van der Waals surface area contributed by atoms with Gasteiger partial charge < -0.3 is 13.7 Å². The molecule has 0 amide bonds. The summed E-state index contributed by atoms with van der Waals surface area (Å²) >= 11 is 0. The number of anilines is 3.